The maximum absolute atomic E-state index is 13.9. The first kappa shape index (κ1) is 16.1. The Bertz CT molecular complexity index is 1100. The standard InChI is InChI=1S/C20H16FN5/c1-12-15(4-3-5-17(12)21)13-6-7-18-16(10-13)20(22-2)26-19(25-18)14-8-9-23-24-11-14/h3-11H,1-2H3,(H,22,25,26). The van der Waals surface area contributed by atoms with Gasteiger partial charge in [-0.05, 0) is 47.9 Å². The summed E-state index contributed by atoms with van der Waals surface area (Å²) < 4.78 is 13.9. The topological polar surface area (TPSA) is 63.6 Å². The van der Waals surface area contributed by atoms with Gasteiger partial charge >= 0.3 is 0 Å². The van der Waals surface area contributed by atoms with Crippen molar-refractivity contribution in [2.24, 2.45) is 0 Å². The van der Waals surface area contributed by atoms with Gasteiger partial charge < -0.3 is 5.32 Å². The van der Waals surface area contributed by atoms with Gasteiger partial charge in [-0.1, -0.05) is 18.2 Å². The maximum Gasteiger partial charge on any atom is 0.163 e. The van der Waals surface area contributed by atoms with Crippen LogP contribution in [0.5, 0.6) is 0 Å². The van der Waals surface area contributed by atoms with Gasteiger partial charge in [-0.15, -0.1) is 0 Å². The Hall–Kier alpha value is -3.41. The van der Waals surface area contributed by atoms with Gasteiger partial charge in [-0.25, -0.2) is 14.4 Å². The Balaban J connectivity index is 1.90. The molecule has 0 aliphatic heterocycles. The molecule has 4 aromatic rings. The average molecular weight is 345 g/mol. The van der Waals surface area contributed by atoms with Crippen molar-refractivity contribution in [3.8, 4) is 22.5 Å². The van der Waals surface area contributed by atoms with Crippen LogP contribution in [-0.2, 0) is 0 Å². The number of nitrogens with one attached hydrogen (secondary N) is 1. The zero-order valence-corrected chi connectivity index (χ0v) is 14.4. The summed E-state index contributed by atoms with van der Waals surface area (Å²) in [5.41, 5.74) is 4.00. The third kappa shape index (κ3) is 2.75. The smallest absolute Gasteiger partial charge is 0.163 e. The predicted octanol–water partition coefficient (Wildman–Crippen LogP) is 4.24. The van der Waals surface area contributed by atoms with Crippen LogP contribution in [0.2, 0.25) is 0 Å². The molecule has 2 aromatic heterocycles. The third-order valence-corrected chi connectivity index (χ3v) is 4.35. The molecule has 0 bridgehead atoms. The number of nitrogens with zero attached hydrogens (tertiary/aromatic N) is 4. The van der Waals surface area contributed by atoms with Gasteiger partial charge in [0.05, 0.1) is 17.9 Å². The lowest BCUT2D eigenvalue weighted by Crippen LogP contribution is -1.99. The number of halogens is 1. The zero-order valence-electron chi connectivity index (χ0n) is 14.4. The number of rotatable bonds is 3. The molecule has 128 valence electrons. The first-order chi connectivity index (χ1) is 12.7. The van der Waals surface area contributed by atoms with Crippen LogP contribution in [0.4, 0.5) is 10.2 Å². The summed E-state index contributed by atoms with van der Waals surface area (Å²) in [6, 6.07) is 12.8. The van der Waals surface area contributed by atoms with Crippen LogP contribution in [0.1, 0.15) is 5.56 Å². The third-order valence-electron chi connectivity index (χ3n) is 4.35. The molecular formula is C20H16FN5. The van der Waals surface area contributed by atoms with Crippen LogP contribution >= 0.6 is 0 Å². The number of hydrogen-bond donors (Lipinski definition) is 1. The summed E-state index contributed by atoms with van der Waals surface area (Å²) in [6.07, 6.45) is 3.24. The first-order valence-corrected chi connectivity index (χ1v) is 8.19. The lowest BCUT2D eigenvalue weighted by molar-refractivity contribution is 0.619. The van der Waals surface area contributed by atoms with E-state index in [0.29, 0.717) is 17.2 Å². The number of aromatic nitrogens is 4. The second-order valence-corrected chi connectivity index (χ2v) is 5.92. The molecule has 0 aliphatic rings. The number of hydrogen-bond acceptors (Lipinski definition) is 5. The Morgan fingerprint density at radius 1 is 0.962 bits per heavy atom. The fourth-order valence-corrected chi connectivity index (χ4v) is 2.96. The van der Waals surface area contributed by atoms with Crippen molar-refractivity contribution in [3.63, 3.8) is 0 Å². The van der Waals surface area contributed by atoms with E-state index in [4.69, 9.17) is 0 Å². The van der Waals surface area contributed by atoms with E-state index in [9.17, 15) is 4.39 Å². The number of anilines is 1. The van der Waals surface area contributed by atoms with Crippen LogP contribution in [0, 0.1) is 12.7 Å². The fourth-order valence-electron chi connectivity index (χ4n) is 2.96. The molecule has 0 aliphatic carbocycles. The SMILES string of the molecule is CNc1nc(-c2ccnnc2)nc2ccc(-c3cccc(F)c3C)cc12. The highest BCUT2D eigenvalue weighted by molar-refractivity contribution is 5.94. The molecule has 0 radical (unpaired) electrons. The molecule has 6 heteroatoms. The normalized spacial score (nSPS) is 10.9. The largest absolute Gasteiger partial charge is 0.373 e. The molecule has 5 nitrogen and oxygen atoms in total. The molecule has 2 heterocycles. The lowest BCUT2D eigenvalue weighted by atomic mass is 9.98. The summed E-state index contributed by atoms with van der Waals surface area (Å²) in [6.45, 7) is 1.78. The summed E-state index contributed by atoms with van der Waals surface area (Å²) in [7, 11) is 1.82. The number of fused-ring (bicyclic) bond motifs is 1. The molecule has 26 heavy (non-hydrogen) atoms. The Kier molecular flexibility index (Phi) is 4.01. The van der Waals surface area contributed by atoms with Gasteiger partial charge in [-0.3, -0.25) is 0 Å². The highest BCUT2D eigenvalue weighted by atomic mass is 19.1. The van der Waals surface area contributed by atoms with E-state index in [-0.39, 0.29) is 5.82 Å². The zero-order chi connectivity index (χ0) is 18.1. The Morgan fingerprint density at radius 3 is 2.62 bits per heavy atom. The summed E-state index contributed by atoms with van der Waals surface area (Å²) in [5, 5.41) is 11.7. The van der Waals surface area contributed by atoms with Crippen LogP contribution in [0.15, 0.2) is 54.9 Å². The van der Waals surface area contributed by atoms with E-state index in [0.717, 1.165) is 27.6 Å². The van der Waals surface area contributed by atoms with Gasteiger partial charge in [0.2, 0.25) is 0 Å². The van der Waals surface area contributed by atoms with Crippen LogP contribution in [0.25, 0.3) is 33.4 Å². The quantitative estimate of drug-likeness (QED) is 0.601. The van der Waals surface area contributed by atoms with Gasteiger partial charge in [-0.2, -0.15) is 10.2 Å². The lowest BCUT2D eigenvalue weighted by Gasteiger charge is -2.11. The molecule has 0 spiro atoms. The monoisotopic (exact) mass is 345 g/mol. The molecule has 0 amide bonds. The van der Waals surface area contributed by atoms with Crippen molar-refractivity contribution >= 4 is 16.7 Å². The minimum absolute atomic E-state index is 0.215. The number of benzene rings is 2. The van der Waals surface area contributed by atoms with Crippen LogP contribution in [-0.4, -0.2) is 27.2 Å². The minimum atomic E-state index is -0.215. The van der Waals surface area contributed by atoms with Crippen molar-refractivity contribution in [1.29, 1.82) is 0 Å². The van der Waals surface area contributed by atoms with Crippen LogP contribution in [0.3, 0.4) is 0 Å². The fraction of sp³-hybridized carbons (Fsp3) is 0.100. The molecule has 1 N–H and O–H groups in total. The minimum Gasteiger partial charge on any atom is -0.373 e. The molecule has 4 rings (SSSR count). The first-order valence-electron chi connectivity index (χ1n) is 8.19. The second kappa shape index (κ2) is 6.48. The Labute approximate surface area is 150 Å². The average Bonchev–Trinajstić information content (AvgIpc) is 2.69. The second-order valence-electron chi connectivity index (χ2n) is 5.92. The summed E-state index contributed by atoms with van der Waals surface area (Å²) in [4.78, 5) is 9.24. The van der Waals surface area contributed by atoms with Crippen molar-refractivity contribution < 1.29 is 4.39 Å². The molecular weight excluding hydrogens is 329 g/mol. The molecule has 0 atom stereocenters. The molecule has 0 saturated carbocycles. The predicted molar refractivity (Wildman–Crippen MR) is 100 cm³/mol. The maximum atomic E-state index is 13.9. The van der Waals surface area contributed by atoms with Crippen molar-refractivity contribution in [2.75, 3.05) is 12.4 Å². The van der Waals surface area contributed by atoms with E-state index >= 15 is 0 Å². The Morgan fingerprint density at radius 2 is 1.85 bits per heavy atom. The van der Waals surface area contributed by atoms with E-state index < -0.39 is 0 Å². The van der Waals surface area contributed by atoms with Gasteiger partial charge in [0, 0.05) is 18.0 Å². The van der Waals surface area contributed by atoms with Crippen molar-refractivity contribution in [3.05, 3.63) is 66.2 Å². The highest BCUT2D eigenvalue weighted by Crippen LogP contribution is 2.31. The molecule has 0 unspecified atom stereocenters. The van der Waals surface area contributed by atoms with E-state index in [1.807, 2.05) is 37.4 Å². The molecule has 0 saturated heterocycles. The van der Waals surface area contributed by atoms with E-state index in [2.05, 4.69) is 25.5 Å². The van der Waals surface area contributed by atoms with Crippen molar-refractivity contribution in [1.82, 2.24) is 20.2 Å². The van der Waals surface area contributed by atoms with Gasteiger partial charge in [0.25, 0.3) is 0 Å². The van der Waals surface area contributed by atoms with E-state index in [1.165, 1.54) is 6.07 Å². The highest BCUT2D eigenvalue weighted by Gasteiger charge is 2.12. The van der Waals surface area contributed by atoms with E-state index in [1.54, 1.807) is 25.4 Å². The molecule has 0 fully saturated rings. The van der Waals surface area contributed by atoms with Gasteiger partial charge in [0.1, 0.15) is 11.6 Å². The molecule has 2 aromatic carbocycles. The summed E-state index contributed by atoms with van der Waals surface area (Å²) >= 11 is 0. The van der Waals surface area contributed by atoms with Gasteiger partial charge in [0.15, 0.2) is 5.82 Å². The summed E-state index contributed by atoms with van der Waals surface area (Å²) in [5.74, 6) is 1.07. The van der Waals surface area contributed by atoms with Crippen LogP contribution < -0.4 is 5.32 Å². The van der Waals surface area contributed by atoms with Crippen molar-refractivity contribution in [2.45, 2.75) is 6.92 Å².